The first-order valence-corrected chi connectivity index (χ1v) is 8.69. The van der Waals surface area contributed by atoms with Gasteiger partial charge in [-0.1, -0.05) is 51.1 Å². The molecule has 2 aromatic heterocycles. The van der Waals surface area contributed by atoms with E-state index < -0.39 is 0 Å². The third-order valence-corrected chi connectivity index (χ3v) is 4.19. The predicted molar refractivity (Wildman–Crippen MR) is 104 cm³/mol. The lowest BCUT2D eigenvalue weighted by Crippen LogP contribution is -2.22. The zero-order valence-corrected chi connectivity index (χ0v) is 15.7. The summed E-state index contributed by atoms with van der Waals surface area (Å²) in [6, 6.07) is 12.4. The van der Waals surface area contributed by atoms with Gasteiger partial charge in [-0.3, -0.25) is 0 Å². The molecule has 2 heterocycles. The van der Waals surface area contributed by atoms with Gasteiger partial charge in [-0.25, -0.2) is 4.98 Å². The first-order chi connectivity index (χ1) is 11.9. The van der Waals surface area contributed by atoms with Crippen LogP contribution in [0.3, 0.4) is 0 Å². The second kappa shape index (κ2) is 6.84. The van der Waals surface area contributed by atoms with Crippen LogP contribution in [-0.2, 0) is 5.41 Å². The highest BCUT2D eigenvalue weighted by Gasteiger charge is 2.20. The Morgan fingerprint density at radius 1 is 1.12 bits per heavy atom. The molecule has 0 aliphatic heterocycles. The van der Waals surface area contributed by atoms with Crippen molar-refractivity contribution < 1.29 is 0 Å². The van der Waals surface area contributed by atoms with Gasteiger partial charge in [-0.2, -0.15) is 9.61 Å². The Balaban J connectivity index is 2.10. The Morgan fingerprint density at radius 3 is 2.48 bits per heavy atom. The Labute approximate surface area is 149 Å². The average molecular weight is 337 g/mol. The van der Waals surface area contributed by atoms with E-state index >= 15 is 0 Å². The van der Waals surface area contributed by atoms with Crippen LogP contribution >= 0.6 is 0 Å². The molecule has 0 saturated carbocycles. The van der Waals surface area contributed by atoms with Crippen molar-refractivity contribution >= 4 is 11.5 Å². The van der Waals surface area contributed by atoms with Gasteiger partial charge < -0.3 is 10.2 Å². The van der Waals surface area contributed by atoms with E-state index in [1.807, 2.05) is 28.9 Å². The minimum Gasteiger partial charge on any atom is -0.369 e. The Kier molecular flexibility index (Phi) is 4.77. The molecule has 132 valence electrons. The summed E-state index contributed by atoms with van der Waals surface area (Å²) in [7, 11) is 4.15. The van der Waals surface area contributed by atoms with Gasteiger partial charge in [0.05, 0.1) is 11.9 Å². The first-order valence-electron chi connectivity index (χ1n) is 8.69. The molecule has 0 amide bonds. The van der Waals surface area contributed by atoms with E-state index in [-0.39, 0.29) is 5.41 Å². The molecule has 0 unspecified atom stereocenters. The van der Waals surface area contributed by atoms with Crippen molar-refractivity contribution in [2.24, 2.45) is 0 Å². The van der Waals surface area contributed by atoms with Crippen LogP contribution in [0.5, 0.6) is 0 Å². The van der Waals surface area contributed by atoms with E-state index in [0.717, 1.165) is 41.4 Å². The molecule has 0 radical (unpaired) electrons. The van der Waals surface area contributed by atoms with Gasteiger partial charge in [0.15, 0.2) is 5.65 Å². The van der Waals surface area contributed by atoms with Crippen molar-refractivity contribution in [3.63, 3.8) is 0 Å². The molecule has 0 atom stereocenters. The van der Waals surface area contributed by atoms with Gasteiger partial charge in [0.1, 0.15) is 5.82 Å². The maximum atomic E-state index is 4.94. The van der Waals surface area contributed by atoms with Crippen molar-refractivity contribution in [1.29, 1.82) is 0 Å². The van der Waals surface area contributed by atoms with Crippen LogP contribution in [-0.4, -0.2) is 46.7 Å². The fourth-order valence-corrected chi connectivity index (χ4v) is 2.70. The predicted octanol–water partition coefficient (Wildman–Crippen LogP) is 3.67. The molecule has 3 aromatic rings. The lowest BCUT2D eigenvalue weighted by molar-refractivity contribution is 0.425. The fraction of sp³-hybridized carbons (Fsp3) is 0.400. The normalized spacial score (nSPS) is 12.1. The summed E-state index contributed by atoms with van der Waals surface area (Å²) in [5, 5.41) is 8.11. The summed E-state index contributed by atoms with van der Waals surface area (Å²) in [6.07, 6.45) is 1.90. The second-order valence-electron chi connectivity index (χ2n) is 7.67. The van der Waals surface area contributed by atoms with Gasteiger partial charge in [0.2, 0.25) is 0 Å². The first kappa shape index (κ1) is 17.4. The van der Waals surface area contributed by atoms with Crippen LogP contribution in [0.25, 0.3) is 16.8 Å². The summed E-state index contributed by atoms with van der Waals surface area (Å²) in [4.78, 5) is 7.10. The number of rotatable bonds is 5. The lowest BCUT2D eigenvalue weighted by atomic mass is 9.92. The Hall–Kier alpha value is -2.40. The van der Waals surface area contributed by atoms with Crippen LogP contribution in [0, 0.1) is 0 Å². The Bertz CT molecular complexity index is 844. The molecule has 0 saturated heterocycles. The smallest absolute Gasteiger partial charge is 0.165 e. The molecule has 1 N–H and O–H groups in total. The van der Waals surface area contributed by atoms with Gasteiger partial charge in [-0.05, 0) is 19.7 Å². The molecule has 0 fully saturated rings. The van der Waals surface area contributed by atoms with Crippen LogP contribution < -0.4 is 5.32 Å². The van der Waals surface area contributed by atoms with Gasteiger partial charge in [0.25, 0.3) is 0 Å². The number of likely N-dealkylation sites (N-methyl/N-ethyl adjacent to an activating group) is 1. The van der Waals surface area contributed by atoms with E-state index in [1.54, 1.807) is 0 Å². The molecule has 1 aromatic carbocycles. The summed E-state index contributed by atoms with van der Waals surface area (Å²) >= 11 is 0. The highest BCUT2D eigenvalue weighted by Crippen LogP contribution is 2.29. The molecule has 0 aliphatic rings. The molecule has 3 rings (SSSR count). The van der Waals surface area contributed by atoms with E-state index in [0.29, 0.717) is 0 Å². The number of fused-ring (bicyclic) bond motifs is 1. The summed E-state index contributed by atoms with van der Waals surface area (Å²) in [5.41, 5.74) is 4.12. The minimum absolute atomic E-state index is 0.0298. The number of anilines is 1. The van der Waals surface area contributed by atoms with Crippen molar-refractivity contribution in [1.82, 2.24) is 19.5 Å². The van der Waals surface area contributed by atoms with Crippen molar-refractivity contribution in [3.8, 4) is 11.1 Å². The largest absolute Gasteiger partial charge is 0.369 e. The monoisotopic (exact) mass is 337 g/mol. The molecule has 5 heteroatoms. The topological polar surface area (TPSA) is 45.5 Å². The van der Waals surface area contributed by atoms with Crippen molar-refractivity contribution in [2.45, 2.75) is 26.2 Å². The van der Waals surface area contributed by atoms with Crippen LogP contribution in [0.4, 0.5) is 5.82 Å². The molecule has 0 spiro atoms. The third-order valence-electron chi connectivity index (χ3n) is 4.19. The lowest BCUT2D eigenvalue weighted by Gasteiger charge is -2.20. The standard InChI is InChI=1S/C20H27N5/c1-20(2,3)17-13-18(21-11-12-24(4)5)25-19(23-17)16(14-22-25)15-9-7-6-8-10-15/h6-10,13-14,21H,11-12H2,1-5H3. The van der Waals surface area contributed by atoms with E-state index in [4.69, 9.17) is 4.98 Å². The van der Waals surface area contributed by atoms with Crippen LogP contribution in [0.15, 0.2) is 42.6 Å². The molecular weight excluding hydrogens is 310 g/mol. The number of hydrogen-bond donors (Lipinski definition) is 1. The van der Waals surface area contributed by atoms with E-state index in [2.05, 4.69) is 68.4 Å². The van der Waals surface area contributed by atoms with Gasteiger partial charge in [0, 0.05) is 30.1 Å². The highest BCUT2D eigenvalue weighted by molar-refractivity contribution is 5.78. The second-order valence-corrected chi connectivity index (χ2v) is 7.67. The Morgan fingerprint density at radius 2 is 1.84 bits per heavy atom. The minimum atomic E-state index is -0.0298. The number of benzene rings is 1. The summed E-state index contributed by atoms with van der Waals surface area (Å²) in [6.45, 7) is 8.38. The van der Waals surface area contributed by atoms with Crippen LogP contribution in [0.1, 0.15) is 26.5 Å². The SMILES string of the molecule is CN(C)CCNc1cc(C(C)(C)C)nc2c(-c3ccccc3)cnn12. The quantitative estimate of drug-likeness (QED) is 0.772. The maximum Gasteiger partial charge on any atom is 0.165 e. The molecular formula is C20H27N5. The number of nitrogens with one attached hydrogen (secondary N) is 1. The number of hydrogen-bond acceptors (Lipinski definition) is 4. The van der Waals surface area contributed by atoms with E-state index in [1.165, 1.54) is 0 Å². The van der Waals surface area contributed by atoms with Crippen LogP contribution in [0.2, 0.25) is 0 Å². The van der Waals surface area contributed by atoms with Gasteiger partial charge in [-0.15, -0.1) is 0 Å². The molecule has 25 heavy (non-hydrogen) atoms. The highest BCUT2D eigenvalue weighted by atomic mass is 15.3. The maximum absolute atomic E-state index is 4.94. The summed E-state index contributed by atoms with van der Waals surface area (Å²) < 4.78 is 1.91. The number of nitrogens with zero attached hydrogens (tertiary/aromatic N) is 4. The van der Waals surface area contributed by atoms with Crippen molar-refractivity contribution in [3.05, 3.63) is 48.3 Å². The van der Waals surface area contributed by atoms with E-state index in [9.17, 15) is 0 Å². The molecule has 0 bridgehead atoms. The summed E-state index contributed by atoms with van der Waals surface area (Å²) in [5.74, 6) is 0.985. The molecule has 5 nitrogen and oxygen atoms in total. The molecule has 0 aliphatic carbocycles. The van der Waals surface area contributed by atoms with Gasteiger partial charge >= 0.3 is 0 Å². The fourth-order valence-electron chi connectivity index (χ4n) is 2.70. The third kappa shape index (κ3) is 3.82. The zero-order valence-electron chi connectivity index (χ0n) is 15.7. The number of aromatic nitrogens is 3. The van der Waals surface area contributed by atoms with Crippen molar-refractivity contribution in [2.75, 3.05) is 32.5 Å². The average Bonchev–Trinajstić information content (AvgIpc) is 2.98. The zero-order chi connectivity index (χ0) is 18.0.